The smallest absolute Gasteiger partial charge is 0.138 e. The number of amidine groups is 1. The Kier molecular flexibility index (Phi) is 4.53. The van der Waals surface area contributed by atoms with Gasteiger partial charge >= 0.3 is 0 Å². The summed E-state index contributed by atoms with van der Waals surface area (Å²) in [5.41, 5.74) is 6.26. The maximum absolute atomic E-state index is 14.2. The fraction of sp³-hybridized carbons (Fsp3) is 0.533. The molecule has 2 rings (SSSR count). The van der Waals surface area contributed by atoms with Crippen LogP contribution in [0.1, 0.15) is 43.7 Å². The average molecular weight is 263 g/mol. The van der Waals surface area contributed by atoms with Crippen LogP contribution in [0, 0.1) is 11.2 Å². The zero-order chi connectivity index (χ0) is 13.8. The number of benzene rings is 1. The fourth-order valence-electron chi connectivity index (χ4n) is 2.32. The first-order valence-corrected chi connectivity index (χ1v) is 6.99. The van der Waals surface area contributed by atoms with Gasteiger partial charge in [0.05, 0.1) is 5.56 Å². The van der Waals surface area contributed by atoms with Gasteiger partial charge in [-0.3, -0.25) is 10.3 Å². The summed E-state index contributed by atoms with van der Waals surface area (Å²) in [6.07, 6.45) is 4.74. The van der Waals surface area contributed by atoms with Gasteiger partial charge in [-0.25, -0.2) is 4.39 Å². The summed E-state index contributed by atoms with van der Waals surface area (Å²) in [7, 11) is 0. The molecule has 0 unspecified atom stereocenters. The Hall–Kier alpha value is -1.42. The molecular weight excluding hydrogens is 241 g/mol. The van der Waals surface area contributed by atoms with Crippen molar-refractivity contribution in [3.8, 4) is 0 Å². The Morgan fingerprint density at radius 1 is 1.47 bits per heavy atom. The first-order valence-electron chi connectivity index (χ1n) is 6.99. The summed E-state index contributed by atoms with van der Waals surface area (Å²) in [6.45, 7) is 3.81. The largest absolute Gasteiger partial charge is 0.384 e. The molecule has 0 aliphatic heterocycles. The minimum Gasteiger partial charge on any atom is -0.384 e. The Labute approximate surface area is 114 Å². The molecule has 0 heterocycles. The molecule has 104 valence electrons. The van der Waals surface area contributed by atoms with Crippen LogP contribution in [0.3, 0.4) is 0 Å². The van der Waals surface area contributed by atoms with Gasteiger partial charge in [-0.1, -0.05) is 25.5 Å². The molecule has 0 bridgehead atoms. The van der Waals surface area contributed by atoms with Gasteiger partial charge in [0.1, 0.15) is 11.7 Å². The van der Waals surface area contributed by atoms with E-state index in [0.717, 1.165) is 19.4 Å². The SMILES string of the molecule is CCCCN(Cc1cccc(C(=N)N)c1F)C1CC1. The predicted molar refractivity (Wildman–Crippen MR) is 75.8 cm³/mol. The summed E-state index contributed by atoms with van der Waals surface area (Å²) in [5, 5.41) is 7.39. The van der Waals surface area contributed by atoms with Crippen molar-refractivity contribution in [1.82, 2.24) is 4.90 Å². The highest BCUT2D eigenvalue weighted by Crippen LogP contribution is 2.29. The summed E-state index contributed by atoms with van der Waals surface area (Å²) in [4.78, 5) is 2.35. The van der Waals surface area contributed by atoms with Gasteiger partial charge in [-0.05, 0) is 31.9 Å². The van der Waals surface area contributed by atoms with Crippen LogP contribution in [-0.4, -0.2) is 23.3 Å². The van der Waals surface area contributed by atoms with Crippen molar-refractivity contribution in [1.29, 1.82) is 5.41 Å². The van der Waals surface area contributed by atoms with E-state index in [2.05, 4.69) is 11.8 Å². The summed E-state index contributed by atoms with van der Waals surface area (Å²) >= 11 is 0. The molecule has 1 aromatic carbocycles. The van der Waals surface area contributed by atoms with E-state index in [1.807, 2.05) is 0 Å². The van der Waals surface area contributed by atoms with Gasteiger partial charge in [-0.15, -0.1) is 0 Å². The molecule has 4 heteroatoms. The van der Waals surface area contributed by atoms with E-state index < -0.39 is 0 Å². The van der Waals surface area contributed by atoms with Gasteiger partial charge in [0.25, 0.3) is 0 Å². The Morgan fingerprint density at radius 3 is 2.79 bits per heavy atom. The molecule has 1 aliphatic rings. The molecular formula is C15H22FN3. The van der Waals surface area contributed by atoms with Crippen LogP contribution >= 0.6 is 0 Å². The lowest BCUT2D eigenvalue weighted by Crippen LogP contribution is -2.27. The maximum atomic E-state index is 14.2. The van der Waals surface area contributed by atoms with Gasteiger partial charge in [0, 0.05) is 18.2 Å². The predicted octanol–water partition coefficient (Wildman–Crippen LogP) is 2.87. The molecule has 19 heavy (non-hydrogen) atoms. The molecule has 1 saturated carbocycles. The van der Waals surface area contributed by atoms with E-state index in [1.54, 1.807) is 18.2 Å². The molecule has 1 aliphatic carbocycles. The normalized spacial score (nSPS) is 14.9. The summed E-state index contributed by atoms with van der Waals surface area (Å²) in [6, 6.07) is 5.75. The first kappa shape index (κ1) is 14.0. The number of halogens is 1. The van der Waals surface area contributed by atoms with Crippen LogP contribution in [0.25, 0.3) is 0 Å². The molecule has 0 atom stereocenters. The second-order valence-electron chi connectivity index (χ2n) is 5.25. The highest BCUT2D eigenvalue weighted by Gasteiger charge is 2.29. The molecule has 0 saturated heterocycles. The number of nitrogens with zero attached hydrogens (tertiary/aromatic N) is 1. The van der Waals surface area contributed by atoms with Crippen molar-refractivity contribution in [3.63, 3.8) is 0 Å². The third kappa shape index (κ3) is 3.53. The van der Waals surface area contributed by atoms with Crippen LogP contribution in [0.4, 0.5) is 4.39 Å². The fourth-order valence-corrected chi connectivity index (χ4v) is 2.32. The Morgan fingerprint density at radius 2 is 2.21 bits per heavy atom. The molecule has 0 amide bonds. The lowest BCUT2D eigenvalue weighted by atomic mass is 10.1. The number of nitrogen functional groups attached to an aromatic ring is 1. The number of rotatable bonds is 7. The van der Waals surface area contributed by atoms with E-state index in [1.165, 1.54) is 12.8 Å². The van der Waals surface area contributed by atoms with Crippen LogP contribution < -0.4 is 5.73 Å². The second-order valence-corrected chi connectivity index (χ2v) is 5.25. The molecule has 0 radical (unpaired) electrons. The van der Waals surface area contributed by atoms with Crippen LogP contribution in [0.5, 0.6) is 0 Å². The standard InChI is InChI=1S/C15H22FN3/c1-2-3-9-19(12-7-8-12)10-11-5-4-6-13(14(11)16)15(17)18/h4-6,12H,2-3,7-10H2,1H3,(H3,17,18). The third-order valence-corrected chi connectivity index (χ3v) is 3.60. The molecule has 1 fully saturated rings. The highest BCUT2D eigenvalue weighted by atomic mass is 19.1. The summed E-state index contributed by atoms with van der Waals surface area (Å²) in [5.74, 6) is -0.539. The Balaban J connectivity index is 2.12. The van der Waals surface area contributed by atoms with Crippen molar-refractivity contribution >= 4 is 5.84 Å². The Bertz CT molecular complexity index is 455. The van der Waals surface area contributed by atoms with Crippen molar-refractivity contribution in [3.05, 3.63) is 35.1 Å². The third-order valence-electron chi connectivity index (χ3n) is 3.60. The van der Waals surface area contributed by atoms with Crippen molar-refractivity contribution < 1.29 is 4.39 Å². The van der Waals surface area contributed by atoms with E-state index in [-0.39, 0.29) is 17.2 Å². The van der Waals surface area contributed by atoms with Gasteiger partial charge in [0.2, 0.25) is 0 Å². The maximum Gasteiger partial charge on any atom is 0.138 e. The zero-order valence-corrected chi connectivity index (χ0v) is 11.5. The first-order chi connectivity index (χ1) is 9.13. The zero-order valence-electron chi connectivity index (χ0n) is 11.5. The number of hydrogen-bond donors (Lipinski definition) is 2. The molecule has 3 nitrogen and oxygen atoms in total. The second kappa shape index (κ2) is 6.15. The number of unbranched alkanes of at least 4 members (excludes halogenated alkanes) is 1. The lowest BCUT2D eigenvalue weighted by Gasteiger charge is -2.22. The lowest BCUT2D eigenvalue weighted by molar-refractivity contribution is 0.247. The molecule has 3 N–H and O–H groups in total. The average Bonchev–Trinajstić information content (AvgIpc) is 3.20. The van der Waals surface area contributed by atoms with E-state index in [9.17, 15) is 4.39 Å². The summed E-state index contributed by atoms with van der Waals surface area (Å²) < 4.78 is 14.2. The van der Waals surface area contributed by atoms with Crippen LogP contribution in [0.15, 0.2) is 18.2 Å². The molecule has 0 aromatic heterocycles. The van der Waals surface area contributed by atoms with Gasteiger partial charge in [-0.2, -0.15) is 0 Å². The minimum atomic E-state index is -0.336. The quantitative estimate of drug-likeness (QED) is 0.587. The highest BCUT2D eigenvalue weighted by molar-refractivity contribution is 5.95. The van der Waals surface area contributed by atoms with E-state index >= 15 is 0 Å². The monoisotopic (exact) mass is 263 g/mol. The number of nitrogens with one attached hydrogen (secondary N) is 1. The van der Waals surface area contributed by atoms with Crippen LogP contribution in [0.2, 0.25) is 0 Å². The van der Waals surface area contributed by atoms with E-state index in [4.69, 9.17) is 11.1 Å². The van der Waals surface area contributed by atoms with Crippen molar-refractivity contribution in [2.75, 3.05) is 6.54 Å². The topological polar surface area (TPSA) is 53.1 Å². The number of hydrogen-bond acceptors (Lipinski definition) is 2. The van der Waals surface area contributed by atoms with E-state index in [0.29, 0.717) is 18.2 Å². The number of nitrogens with two attached hydrogens (primary N) is 1. The van der Waals surface area contributed by atoms with Gasteiger partial charge < -0.3 is 5.73 Å². The molecule has 1 aromatic rings. The molecule has 0 spiro atoms. The van der Waals surface area contributed by atoms with Crippen molar-refractivity contribution in [2.24, 2.45) is 5.73 Å². The van der Waals surface area contributed by atoms with Gasteiger partial charge in [0.15, 0.2) is 0 Å². The van der Waals surface area contributed by atoms with Crippen molar-refractivity contribution in [2.45, 2.75) is 45.2 Å². The minimum absolute atomic E-state index is 0.203. The van der Waals surface area contributed by atoms with Crippen LogP contribution in [-0.2, 0) is 6.54 Å².